The van der Waals surface area contributed by atoms with Gasteiger partial charge in [0.1, 0.15) is 11.5 Å². The molecule has 0 aliphatic heterocycles. The van der Waals surface area contributed by atoms with Crippen LogP contribution in [0.2, 0.25) is 0 Å². The zero-order chi connectivity index (χ0) is 28.3. The second-order valence-electron chi connectivity index (χ2n) is 11.1. The lowest BCUT2D eigenvalue weighted by molar-refractivity contribution is 1.16. The molecule has 0 aliphatic rings. The van der Waals surface area contributed by atoms with Crippen LogP contribution < -0.4 is 0 Å². The summed E-state index contributed by atoms with van der Waals surface area (Å²) in [5.41, 5.74) is 9.67. The van der Waals surface area contributed by atoms with E-state index in [9.17, 15) is 0 Å². The zero-order valence-corrected chi connectivity index (χ0v) is 23.3. The van der Waals surface area contributed by atoms with E-state index in [-0.39, 0.29) is 0 Å². The SMILES string of the molecule is c1ccc2cc(-c3ccc(-c4ccc5c(c4)nc(-c4ccc6ccccc6c4)n4c6ccccc6nc54)cc3)ccc2c1. The molecular formula is C40H25N3. The Morgan fingerprint density at radius 3 is 1.63 bits per heavy atom. The van der Waals surface area contributed by atoms with Crippen LogP contribution >= 0.6 is 0 Å². The van der Waals surface area contributed by atoms with Gasteiger partial charge in [-0.1, -0.05) is 115 Å². The second kappa shape index (κ2) is 9.37. The monoisotopic (exact) mass is 547 g/mol. The Hall–Kier alpha value is -5.80. The summed E-state index contributed by atoms with van der Waals surface area (Å²) >= 11 is 0. The van der Waals surface area contributed by atoms with Gasteiger partial charge in [-0.2, -0.15) is 0 Å². The Kier molecular flexibility index (Phi) is 5.20. The first-order chi connectivity index (χ1) is 21.3. The molecule has 2 heterocycles. The standard InChI is InChI=1S/C40H25N3/c1-3-9-30-23-32(19-17-26(30)7-1)28-13-15-29(16-14-28)33-21-22-35-37(25-33)42-39(34-20-18-27-8-2-4-10-31(27)24-34)43-38-12-6-5-11-36(38)41-40(35)43/h1-25H. The molecule has 0 saturated carbocycles. The summed E-state index contributed by atoms with van der Waals surface area (Å²) in [5.74, 6) is 0.894. The van der Waals surface area contributed by atoms with Crippen LogP contribution in [0.3, 0.4) is 0 Å². The summed E-state index contributed by atoms with van der Waals surface area (Å²) in [6, 6.07) is 53.9. The minimum Gasteiger partial charge on any atom is -0.276 e. The molecule has 2 aromatic heterocycles. The van der Waals surface area contributed by atoms with Crippen LogP contribution in [0.25, 0.3) is 82.8 Å². The average molecular weight is 548 g/mol. The summed E-state index contributed by atoms with van der Waals surface area (Å²) in [5, 5.41) is 5.96. The van der Waals surface area contributed by atoms with Gasteiger partial charge in [0.25, 0.3) is 0 Å². The average Bonchev–Trinajstić information content (AvgIpc) is 3.47. The fourth-order valence-electron chi connectivity index (χ4n) is 6.32. The van der Waals surface area contributed by atoms with Gasteiger partial charge >= 0.3 is 0 Å². The van der Waals surface area contributed by atoms with E-state index in [1.165, 1.54) is 32.7 Å². The van der Waals surface area contributed by atoms with Crippen LogP contribution in [-0.2, 0) is 0 Å². The third-order valence-electron chi connectivity index (χ3n) is 8.55. The van der Waals surface area contributed by atoms with Gasteiger partial charge in [-0.15, -0.1) is 0 Å². The van der Waals surface area contributed by atoms with E-state index < -0.39 is 0 Å². The lowest BCUT2D eigenvalue weighted by Crippen LogP contribution is -1.98. The van der Waals surface area contributed by atoms with Crippen molar-refractivity contribution in [2.45, 2.75) is 0 Å². The fraction of sp³-hybridized carbons (Fsp3) is 0. The number of para-hydroxylation sites is 2. The van der Waals surface area contributed by atoms with E-state index in [0.29, 0.717) is 0 Å². The summed E-state index contributed by atoms with van der Waals surface area (Å²) in [7, 11) is 0. The van der Waals surface area contributed by atoms with Crippen molar-refractivity contribution in [1.29, 1.82) is 0 Å². The Morgan fingerprint density at radius 2 is 0.907 bits per heavy atom. The maximum absolute atomic E-state index is 5.31. The maximum Gasteiger partial charge on any atom is 0.149 e. The van der Waals surface area contributed by atoms with E-state index in [2.05, 4.69) is 150 Å². The van der Waals surface area contributed by atoms with E-state index in [4.69, 9.17) is 9.97 Å². The van der Waals surface area contributed by atoms with Gasteiger partial charge in [-0.3, -0.25) is 4.40 Å². The predicted molar refractivity (Wildman–Crippen MR) is 179 cm³/mol. The van der Waals surface area contributed by atoms with Gasteiger partial charge in [-0.25, -0.2) is 9.97 Å². The molecule has 0 bridgehead atoms. The van der Waals surface area contributed by atoms with Crippen LogP contribution in [0, 0.1) is 0 Å². The predicted octanol–water partition coefficient (Wildman–Crippen LogP) is 10.3. The van der Waals surface area contributed by atoms with E-state index in [1.54, 1.807) is 0 Å². The molecule has 200 valence electrons. The number of hydrogen-bond donors (Lipinski definition) is 0. The Morgan fingerprint density at radius 1 is 0.372 bits per heavy atom. The first-order valence-corrected chi connectivity index (χ1v) is 14.6. The molecule has 0 spiro atoms. The molecular weight excluding hydrogens is 522 g/mol. The highest BCUT2D eigenvalue weighted by Gasteiger charge is 2.16. The van der Waals surface area contributed by atoms with Gasteiger partial charge in [-0.05, 0) is 80.2 Å². The van der Waals surface area contributed by atoms with Crippen molar-refractivity contribution in [2.24, 2.45) is 0 Å². The van der Waals surface area contributed by atoms with Gasteiger partial charge in [0.2, 0.25) is 0 Å². The molecule has 43 heavy (non-hydrogen) atoms. The first-order valence-electron chi connectivity index (χ1n) is 14.6. The van der Waals surface area contributed by atoms with Gasteiger partial charge in [0, 0.05) is 10.9 Å². The lowest BCUT2D eigenvalue weighted by atomic mass is 9.98. The number of aromatic nitrogens is 3. The van der Waals surface area contributed by atoms with Crippen LogP contribution in [0.1, 0.15) is 0 Å². The molecule has 0 N–H and O–H groups in total. The van der Waals surface area contributed by atoms with Crippen LogP contribution in [0.4, 0.5) is 0 Å². The topological polar surface area (TPSA) is 30.2 Å². The molecule has 7 aromatic carbocycles. The molecule has 0 aliphatic carbocycles. The first kappa shape index (κ1) is 23.9. The molecule has 9 rings (SSSR count). The van der Waals surface area contributed by atoms with Crippen LogP contribution in [0.15, 0.2) is 152 Å². The van der Waals surface area contributed by atoms with E-state index in [0.717, 1.165) is 50.1 Å². The normalized spacial score (nSPS) is 11.7. The van der Waals surface area contributed by atoms with Crippen molar-refractivity contribution in [3.05, 3.63) is 152 Å². The van der Waals surface area contributed by atoms with E-state index in [1.807, 2.05) is 6.07 Å². The molecule has 9 aromatic rings. The third-order valence-corrected chi connectivity index (χ3v) is 8.55. The number of nitrogens with zero attached hydrogens (tertiary/aromatic N) is 3. The summed E-state index contributed by atoms with van der Waals surface area (Å²) in [6.45, 7) is 0. The number of rotatable bonds is 3. The van der Waals surface area contributed by atoms with Crippen molar-refractivity contribution < 1.29 is 0 Å². The smallest absolute Gasteiger partial charge is 0.149 e. The lowest BCUT2D eigenvalue weighted by Gasteiger charge is -2.12. The molecule has 0 atom stereocenters. The van der Waals surface area contributed by atoms with E-state index >= 15 is 0 Å². The minimum absolute atomic E-state index is 0.894. The molecule has 3 nitrogen and oxygen atoms in total. The molecule has 0 fully saturated rings. The Bertz CT molecular complexity index is 2500. The highest BCUT2D eigenvalue weighted by Crippen LogP contribution is 2.34. The number of imidazole rings is 1. The summed E-state index contributed by atoms with van der Waals surface area (Å²) in [4.78, 5) is 10.4. The van der Waals surface area contributed by atoms with Crippen molar-refractivity contribution in [3.8, 4) is 33.6 Å². The van der Waals surface area contributed by atoms with Gasteiger partial charge in [0.15, 0.2) is 0 Å². The molecule has 3 heteroatoms. The number of benzene rings is 7. The third kappa shape index (κ3) is 3.90. The number of fused-ring (bicyclic) bond motifs is 7. The van der Waals surface area contributed by atoms with Gasteiger partial charge in [0.05, 0.1) is 16.6 Å². The number of hydrogen-bond acceptors (Lipinski definition) is 2. The maximum atomic E-state index is 5.31. The highest BCUT2D eigenvalue weighted by molar-refractivity contribution is 6.00. The molecule has 0 unspecified atom stereocenters. The van der Waals surface area contributed by atoms with Crippen LogP contribution in [0.5, 0.6) is 0 Å². The van der Waals surface area contributed by atoms with Gasteiger partial charge < -0.3 is 0 Å². The quantitative estimate of drug-likeness (QED) is 0.220. The summed E-state index contributed by atoms with van der Waals surface area (Å²) in [6.07, 6.45) is 0. The van der Waals surface area contributed by atoms with Crippen molar-refractivity contribution in [1.82, 2.24) is 14.4 Å². The molecule has 0 amide bonds. The highest BCUT2D eigenvalue weighted by atomic mass is 15.1. The zero-order valence-electron chi connectivity index (χ0n) is 23.3. The fourth-order valence-corrected chi connectivity index (χ4v) is 6.32. The van der Waals surface area contributed by atoms with Crippen molar-refractivity contribution >= 4 is 49.1 Å². The molecule has 0 radical (unpaired) electrons. The minimum atomic E-state index is 0.894. The second-order valence-corrected chi connectivity index (χ2v) is 11.1. The Balaban J connectivity index is 1.20. The largest absolute Gasteiger partial charge is 0.276 e. The van der Waals surface area contributed by atoms with Crippen molar-refractivity contribution in [3.63, 3.8) is 0 Å². The Labute approximate surface area is 248 Å². The van der Waals surface area contributed by atoms with Crippen molar-refractivity contribution in [2.75, 3.05) is 0 Å². The summed E-state index contributed by atoms with van der Waals surface area (Å²) < 4.78 is 2.21. The van der Waals surface area contributed by atoms with Crippen LogP contribution in [-0.4, -0.2) is 14.4 Å². The molecule has 0 saturated heterocycles.